The number of rotatable bonds is 7. The van der Waals surface area contributed by atoms with Crippen molar-refractivity contribution < 1.29 is 18.5 Å². The molecular weight excluding hydrogens is 728 g/mol. The van der Waals surface area contributed by atoms with Gasteiger partial charge in [-0.1, -0.05) is 50.6 Å². The van der Waals surface area contributed by atoms with Crippen LogP contribution in [0.3, 0.4) is 0 Å². The summed E-state index contributed by atoms with van der Waals surface area (Å²) in [6, 6.07) is 12.7. The summed E-state index contributed by atoms with van der Waals surface area (Å²) in [7, 11) is -2.96. The topological polar surface area (TPSA) is 74.4 Å². The Morgan fingerprint density at radius 2 is 1.85 bits per heavy atom. The van der Waals surface area contributed by atoms with Crippen molar-refractivity contribution in [2.75, 3.05) is 63.9 Å². The maximum Gasteiger partial charge on any atom is 0.262 e. The minimum atomic E-state index is -2.96. The summed E-state index contributed by atoms with van der Waals surface area (Å²) in [4.78, 5) is 21.7. The molecule has 55 heavy (non-hydrogen) atoms. The summed E-state index contributed by atoms with van der Waals surface area (Å²) < 4.78 is 30.8. The third kappa shape index (κ3) is 8.25. The second-order valence-electron chi connectivity index (χ2n) is 17.4. The molecular formula is C45H65ClN4O4S. The number of halogens is 1. The van der Waals surface area contributed by atoms with Crippen molar-refractivity contribution in [3.05, 3.63) is 70.3 Å². The number of amides is 1. The van der Waals surface area contributed by atoms with Gasteiger partial charge in [-0.2, -0.15) is 0 Å². The molecule has 7 rings (SSSR count). The highest BCUT2D eigenvalue weighted by atomic mass is 35.5. The van der Waals surface area contributed by atoms with Gasteiger partial charge < -0.3 is 14.4 Å². The van der Waals surface area contributed by atoms with Crippen molar-refractivity contribution in [1.29, 1.82) is 0 Å². The molecule has 0 aromatic heterocycles. The van der Waals surface area contributed by atoms with Gasteiger partial charge in [-0.05, 0) is 130 Å². The van der Waals surface area contributed by atoms with E-state index in [4.69, 9.17) is 21.1 Å². The van der Waals surface area contributed by atoms with Gasteiger partial charge in [0.15, 0.2) is 0 Å². The molecule has 3 aliphatic heterocycles. The summed E-state index contributed by atoms with van der Waals surface area (Å²) in [6.45, 7) is 18.8. The summed E-state index contributed by atoms with van der Waals surface area (Å²) in [5.74, 6) is 5.28. The molecule has 2 fully saturated rings. The van der Waals surface area contributed by atoms with Gasteiger partial charge in [0, 0.05) is 79.7 Å². The average Bonchev–Trinajstić information content (AvgIpc) is 3.30. The fraction of sp³-hybridized carbons (Fsp3) is 0.644. The molecule has 1 amide bonds. The molecule has 1 saturated carbocycles. The molecule has 3 heterocycles. The van der Waals surface area contributed by atoms with E-state index in [1.54, 1.807) is 0 Å². The number of hydrogen-bond donors (Lipinski definition) is 1. The highest BCUT2D eigenvalue weighted by molar-refractivity contribution is 7.99. The van der Waals surface area contributed by atoms with Crippen LogP contribution in [-0.4, -0.2) is 102 Å². The van der Waals surface area contributed by atoms with E-state index in [1.165, 1.54) is 24.0 Å². The Labute approximate surface area is 336 Å². The highest BCUT2D eigenvalue weighted by Crippen LogP contribution is 2.49. The van der Waals surface area contributed by atoms with E-state index in [1.807, 2.05) is 31.2 Å². The second kappa shape index (κ2) is 16.7. The number of aryl methyl sites for hydroxylation is 1. The predicted molar refractivity (Wildman–Crippen MR) is 228 cm³/mol. The van der Waals surface area contributed by atoms with Gasteiger partial charge in [0.05, 0.1) is 22.0 Å². The molecule has 7 atom stereocenters. The molecule has 1 saturated heterocycles. The van der Waals surface area contributed by atoms with Gasteiger partial charge in [0.25, 0.3) is 5.91 Å². The number of hydrogen-bond acceptors (Lipinski definition) is 7. The number of ether oxygens (including phenoxy) is 2. The number of anilines is 1. The molecule has 2 bridgehead atoms. The van der Waals surface area contributed by atoms with Crippen LogP contribution in [0.15, 0.2) is 48.6 Å². The molecule has 2 aromatic carbocycles. The van der Waals surface area contributed by atoms with Gasteiger partial charge in [-0.25, -0.2) is 4.21 Å². The van der Waals surface area contributed by atoms with Crippen molar-refractivity contribution in [3.63, 3.8) is 0 Å². The Kier molecular flexibility index (Phi) is 12.4. The maximum atomic E-state index is 14.1. The van der Waals surface area contributed by atoms with Crippen LogP contribution in [-0.2, 0) is 26.3 Å². The van der Waals surface area contributed by atoms with Crippen LogP contribution in [0.4, 0.5) is 5.69 Å². The summed E-state index contributed by atoms with van der Waals surface area (Å²) in [5, 5.41) is 0.445. The first kappa shape index (κ1) is 40.6. The van der Waals surface area contributed by atoms with Gasteiger partial charge in [-0.15, -0.1) is 0 Å². The van der Waals surface area contributed by atoms with Crippen LogP contribution in [0.2, 0.25) is 5.02 Å². The van der Waals surface area contributed by atoms with E-state index < -0.39 is 15.3 Å². The third-order valence-corrected chi connectivity index (χ3v) is 16.6. The lowest BCUT2D eigenvalue weighted by molar-refractivity contribution is -0.113. The zero-order valence-corrected chi connectivity index (χ0v) is 35.6. The van der Waals surface area contributed by atoms with Crippen molar-refractivity contribution >= 4 is 38.8 Å². The van der Waals surface area contributed by atoms with Crippen molar-refractivity contribution in [2.24, 2.45) is 17.8 Å². The molecule has 302 valence electrons. The smallest absolute Gasteiger partial charge is 0.262 e. The van der Waals surface area contributed by atoms with E-state index in [-0.39, 0.29) is 22.5 Å². The van der Waals surface area contributed by atoms with Crippen LogP contribution in [0.1, 0.15) is 101 Å². The monoisotopic (exact) mass is 792 g/mol. The minimum Gasteiger partial charge on any atom is -0.490 e. The van der Waals surface area contributed by atoms with Crippen LogP contribution in [0.25, 0.3) is 0 Å². The quantitative estimate of drug-likeness (QED) is 0.227. The van der Waals surface area contributed by atoms with Gasteiger partial charge in [-0.3, -0.25) is 19.3 Å². The fourth-order valence-corrected chi connectivity index (χ4v) is 12.2. The number of fused-ring (bicyclic) bond motifs is 4. The molecule has 1 spiro atoms. The first-order valence-electron chi connectivity index (χ1n) is 21.2. The van der Waals surface area contributed by atoms with E-state index in [2.05, 4.69) is 77.3 Å². The zero-order chi connectivity index (χ0) is 39.0. The summed E-state index contributed by atoms with van der Waals surface area (Å²) >= 11 is 6.54. The number of allylic oxidation sites excluding steroid dienone is 1. The van der Waals surface area contributed by atoms with E-state index >= 15 is 0 Å². The zero-order valence-electron chi connectivity index (χ0n) is 34.0. The van der Waals surface area contributed by atoms with E-state index in [0.29, 0.717) is 36.7 Å². The molecule has 10 heteroatoms. The summed E-state index contributed by atoms with van der Waals surface area (Å²) in [6.07, 6.45) is 13.1. The fourth-order valence-electron chi connectivity index (χ4n) is 10.5. The number of nitrogens with zero attached hydrogens (tertiary/aromatic N) is 3. The average molecular weight is 794 g/mol. The minimum absolute atomic E-state index is 0.0370. The van der Waals surface area contributed by atoms with Gasteiger partial charge >= 0.3 is 0 Å². The second-order valence-corrected chi connectivity index (χ2v) is 20.2. The van der Waals surface area contributed by atoms with E-state index in [0.717, 1.165) is 101 Å². The first-order chi connectivity index (χ1) is 26.4. The van der Waals surface area contributed by atoms with Crippen LogP contribution in [0.5, 0.6) is 5.75 Å². The van der Waals surface area contributed by atoms with Crippen LogP contribution in [0, 0.1) is 17.8 Å². The Morgan fingerprint density at radius 1 is 1.07 bits per heavy atom. The maximum absolute atomic E-state index is 14.1. The van der Waals surface area contributed by atoms with E-state index in [9.17, 15) is 9.00 Å². The highest BCUT2D eigenvalue weighted by Gasteiger charge is 2.50. The first-order valence-corrected chi connectivity index (χ1v) is 23.3. The Balaban J connectivity index is 1.28. The molecule has 8 nitrogen and oxygen atoms in total. The number of carbonyl (C=O) groups is 1. The molecule has 2 aromatic rings. The van der Waals surface area contributed by atoms with Crippen LogP contribution < -0.4 is 14.4 Å². The molecule has 1 unspecified atom stereocenters. The number of benzene rings is 2. The van der Waals surface area contributed by atoms with Crippen LogP contribution >= 0.6 is 11.6 Å². The lowest BCUT2D eigenvalue weighted by atomic mass is 9.63. The lowest BCUT2D eigenvalue weighted by Gasteiger charge is -2.53. The van der Waals surface area contributed by atoms with Gasteiger partial charge in [0.2, 0.25) is 0 Å². The normalized spacial score (nSPS) is 33.9. The van der Waals surface area contributed by atoms with Crippen molar-refractivity contribution in [1.82, 2.24) is 14.5 Å². The molecule has 0 radical (unpaired) electrons. The largest absolute Gasteiger partial charge is 0.490 e. The molecule has 5 aliphatic rings. The third-order valence-electron chi connectivity index (χ3n) is 14.1. The molecule has 2 aliphatic carbocycles. The predicted octanol–water partition coefficient (Wildman–Crippen LogP) is 7.77. The standard InChI is InChI=1S/C45H65ClN4O4S/c1-7-38(8-2)49-24-22-48(23-25-49)30-45(54-9-3)21-10-12-32(4)33(5)55(6,52)47-43(51)35-15-19-42-41(27-35)50(28-36-14-17-40(36)45)29-44(31-53-42)20-11-13-34-26-37(46)16-18-39(34)44/h10,15-16,18-19,21,26-27,32-33,36,38,40H,6-9,11-14,17,20,22-25,28-31H2,1-5H3,(H,47,51,52)/b21-10+/t32-,33+,36-,40+,44-,45+,55?/m0/s1. The Bertz CT molecular complexity index is 1820. The summed E-state index contributed by atoms with van der Waals surface area (Å²) in [5.41, 5.74) is 3.36. The number of piperazine rings is 1. The lowest BCUT2D eigenvalue weighted by Crippen LogP contribution is -2.60. The Hall–Kier alpha value is -2.56. The molecule has 1 N–H and O–H groups in total. The number of carbonyl (C=O) groups excluding carboxylic acids is 1. The SMILES string of the molecule is C=S1(=O)NC(=O)c2ccc3c(c2)N(C[C@@H]2CC[C@H]2[C@@](CN2CCN(C(CC)CC)CC2)(OCC)/C=C/C[C@H](C)[C@H]1C)C[C@@]1(CCCc2cc(Cl)ccc21)CO3. The Morgan fingerprint density at radius 3 is 2.56 bits per heavy atom. The van der Waals surface area contributed by atoms with Gasteiger partial charge in [0.1, 0.15) is 11.4 Å². The number of nitrogens with one attached hydrogen (secondary N) is 1. The van der Waals surface area contributed by atoms with Crippen molar-refractivity contribution in [2.45, 2.75) is 108 Å². The van der Waals surface area contributed by atoms with Crippen molar-refractivity contribution in [3.8, 4) is 5.75 Å².